The molecule has 43 heavy (non-hydrogen) atoms. The predicted octanol–water partition coefficient (Wildman–Crippen LogP) is 5.93. The number of carbonyl (C=O) groups is 1. The van der Waals surface area contributed by atoms with Gasteiger partial charge in [-0.05, 0) is 36.3 Å². The second-order valence-corrected chi connectivity index (χ2v) is 12.2. The van der Waals surface area contributed by atoms with Crippen LogP contribution in [-0.2, 0) is 21.2 Å². The lowest BCUT2D eigenvalue weighted by atomic mass is 10.0. The van der Waals surface area contributed by atoms with Crippen molar-refractivity contribution in [3.05, 3.63) is 76.4 Å². The number of nitrogens with one attached hydrogen (secondary N) is 3. The topological polar surface area (TPSA) is 132 Å². The minimum atomic E-state index is -3.38. The summed E-state index contributed by atoms with van der Waals surface area (Å²) >= 11 is 13.4. The van der Waals surface area contributed by atoms with Gasteiger partial charge in [-0.15, -0.1) is 0 Å². The maximum atomic E-state index is 12.1. The molecule has 0 radical (unpaired) electrons. The number of anilines is 3. The standard InChI is InChI=1S/C30H31Cl2N5O5S/c1-6-20(38)12-18-9-7-8-17(2)29(18)37-25-14-21-19(16-34-25)13-22(36-30(21)33-10-11-35-43(5,39)40)26-27(31)23(41-3)15-24(42-4)28(26)32/h6-9,13-16,35H,1,10-12H2,2-5H3,(H,33,36)(H,34,37). The molecule has 0 unspecified atom stereocenters. The van der Waals surface area contributed by atoms with Gasteiger partial charge in [-0.1, -0.05) is 48.0 Å². The highest BCUT2D eigenvalue weighted by Crippen LogP contribution is 2.46. The number of para-hydroxylation sites is 1. The fourth-order valence-electron chi connectivity index (χ4n) is 4.45. The Morgan fingerprint density at radius 3 is 2.40 bits per heavy atom. The van der Waals surface area contributed by atoms with Crippen LogP contribution in [0.4, 0.5) is 17.3 Å². The summed E-state index contributed by atoms with van der Waals surface area (Å²) in [6, 6.07) is 10.9. The zero-order valence-corrected chi connectivity index (χ0v) is 26.4. The SMILES string of the molecule is C=CC(=O)Cc1cccc(C)c1Nc1cc2c(NCCNS(C)(=O)=O)nc(-c3c(Cl)c(OC)cc(OC)c3Cl)cc2cn1. The molecular formula is C30H31Cl2N5O5S. The van der Waals surface area contributed by atoms with Crippen LogP contribution in [0.15, 0.2) is 55.3 Å². The van der Waals surface area contributed by atoms with Gasteiger partial charge in [0.05, 0.1) is 36.2 Å². The van der Waals surface area contributed by atoms with Crippen LogP contribution in [0, 0.1) is 6.92 Å². The molecule has 0 spiro atoms. The molecule has 0 fully saturated rings. The van der Waals surface area contributed by atoms with E-state index in [1.807, 2.05) is 31.2 Å². The van der Waals surface area contributed by atoms with Crippen LogP contribution in [0.1, 0.15) is 11.1 Å². The lowest BCUT2D eigenvalue weighted by Gasteiger charge is -2.18. The maximum Gasteiger partial charge on any atom is 0.208 e. The number of nitrogens with zero attached hydrogens (tertiary/aromatic N) is 2. The number of methoxy groups -OCH3 is 2. The Bertz CT molecular complexity index is 1790. The number of ether oxygens (including phenoxy) is 2. The number of benzene rings is 2. The van der Waals surface area contributed by atoms with Crippen LogP contribution >= 0.6 is 23.2 Å². The summed E-state index contributed by atoms with van der Waals surface area (Å²) in [4.78, 5) is 21.6. The number of allylic oxidation sites excluding steroid dienone is 1. The molecule has 0 aliphatic heterocycles. The summed E-state index contributed by atoms with van der Waals surface area (Å²) in [5, 5.41) is 8.46. The van der Waals surface area contributed by atoms with E-state index in [1.165, 1.54) is 20.3 Å². The molecule has 0 aliphatic rings. The number of aromatic nitrogens is 2. The summed E-state index contributed by atoms with van der Waals surface area (Å²) in [7, 11) is -0.411. The number of hydrogen-bond acceptors (Lipinski definition) is 9. The zero-order valence-electron chi connectivity index (χ0n) is 24.0. The van der Waals surface area contributed by atoms with E-state index in [0.29, 0.717) is 45.2 Å². The number of pyridine rings is 2. The summed E-state index contributed by atoms with van der Waals surface area (Å²) in [5.74, 6) is 1.56. The first kappa shape index (κ1) is 32.0. The molecule has 2 heterocycles. The lowest BCUT2D eigenvalue weighted by Crippen LogP contribution is -2.27. The van der Waals surface area contributed by atoms with Gasteiger partial charge < -0.3 is 20.1 Å². The smallest absolute Gasteiger partial charge is 0.208 e. The van der Waals surface area contributed by atoms with Gasteiger partial charge in [-0.2, -0.15) is 0 Å². The van der Waals surface area contributed by atoms with Gasteiger partial charge in [-0.3, -0.25) is 4.79 Å². The van der Waals surface area contributed by atoms with Crippen molar-refractivity contribution in [3.8, 4) is 22.8 Å². The van der Waals surface area contributed by atoms with E-state index in [4.69, 9.17) is 37.7 Å². The van der Waals surface area contributed by atoms with Gasteiger partial charge in [0.15, 0.2) is 5.78 Å². The second-order valence-electron chi connectivity index (χ2n) is 9.61. The zero-order chi connectivity index (χ0) is 31.3. The van der Waals surface area contributed by atoms with Gasteiger partial charge in [0.1, 0.15) is 23.1 Å². The average molecular weight is 645 g/mol. The van der Waals surface area contributed by atoms with E-state index in [0.717, 1.165) is 23.1 Å². The van der Waals surface area contributed by atoms with E-state index >= 15 is 0 Å². The Morgan fingerprint density at radius 2 is 1.77 bits per heavy atom. The molecule has 0 bridgehead atoms. The summed E-state index contributed by atoms with van der Waals surface area (Å²) < 4.78 is 36.5. The third-order valence-corrected chi connectivity index (χ3v) is 8.01. The lowest BCUT2D eigenvalue weighted by molar-refractivity contribution is -0.114. The van der Waals surface area contributed by atoms with Crippen LogP contribution in [0.3, 0.4) is 0 Å². The van der Waals surface area contributed by atoms with Crippen molar-refractivity contribution in [2.75, 3.05) is 44.2 Å². The fourth-order valence-corrected chi connectivity index (χ4v) is 5.62. The monoisotopic (exact) mass is 643 g/mol. The van der Waals surface area contributed by atoms with Crippen molar-refractivity contribution < 1.29 is 22.7 Å². The average Bonchev–Trinajstić information content (AvgIpc) is 2.96. The number of fused-ring (bicyclic) bond motifs is 1. The van der Waals surface area contributed by atoms with Crippen molar-refractivity contribution >= 4 is 67.1 Å². The van der Waals surface area contributed by atoms with Crippen LogP contribution in [0.2, 0.25) is 10.0 Å². The van der Waals surface area contributed by atoms with Crippen LogP contribution in [-0.4, -0.2) is 57.7 Å². The van der Waals surface area contributed by atoms with Gasteiger partial charge in [-0.25, -0.2) is 23.1 Å². The highest BCUT2D eigenvalue weighted by atomic mass is 35.5. The van der Waals surface area contributed by atoms with Crippen molar-refractivity contribution in [1.29, 1.82) is 0 Å². The highest BCUT2D eigenvalue weighted by molar-refractivity contribution is 7.88. The van der Waals surface area contributed by atoms with E-state index < -0.39 is 10.0 Å². The largest absolute Gasteiger partial charge is 0.495 e. The molecule has 4 rings (SSSR count). The van der Waals surface area contributed by atoms with Gasteiger partial charge >= 0.3 is 0 Å². The van der Waals surface area contributed by atoms with E-state index in [-0.39, 0.29) is 35.3 Å². The van der Waals surface area contributed by atoms with E-state index in [1.54, 1.807) is 18.3 Å². The first-order valence-electron chi connectivity index (χ1n) is 13.1. The Hall–Kier alpha value is -3.90. The maximum absolute atomic E-state index is 12.1. The van der Waals surface area contributed by atoms with Crippen molar-refractivity contribution in [2.24, 2.45) is 0 Å². The number of sulfonamides is 1. The molecule has 4 aromatic rings. The molecule has 0 saturated carbocycles. The third-order valence-electron chi connectivity index (χ3n) is 6.53. The molecule has 0 amide bonds. The highest BCUT2D eigenvalue weighted by Gasteiger charge is 2.21. The van der Waals surface area contributed by atoms with Crippen LogP contribution in [0.25, 0.3) is 22.0 Å². The third kappa shape index (κ3) is 7.55. The normalized spacial score (nSPS) is 11.3. The Labute approximate surface area is 260 Å². The quantitative estimate of drug-likeness (QED) is 0.120. The minimum absolute atomic E-state index is 0.0995. The molecule has 0 saturated heterocycles. The van der Waals surface area contributed by atoms with Crippen molar-refractivity contribution in [3.63, 3.8) is 0 Å². The number of rotatable bonds is 13. The molecule has 2 aromatic carbocycles. The number of ketones is 1. The molecule has 3 N–H and O–H groups in total. The molecule has 2 aromatic heterocycles. The summed E-state index contributed by atoms with van der Waals surface area (Å²) in [5.41, 5.74) is 3.33. The second kappa shape index (κ2) is 13.6. The number of hydrogen-bond donors (Lipinski definition) is 3. The van der Waals surface area contributed by atoms with Gasteiger partial charge in [0, 0.05) is 53.8 Å². The molecular weight excluding hydrogens is 613 g/mol. The Balaban J connectivity index is 1.83. The van der Waals surface area contributed by atoms with Crippen LogP contribution < -0.4 is 24.8 Å². The van der Waals surface area contributed by atoms with Gasteiger partial charge in [0.2, 0.25) is 10.0 Å². The number of carbonyl (C=O) groups excluding carboxylic acids is 1. The van der Waals surface area contributed by atoms with Crippen molar-refractivity contribution in [1.82, 2.24) is 14.7 Å². The molecule has 10 nitrogen and oxygen atoms in total. The summed E-state index contributed by atoms with van der Waals surface area (Å²) in [6.07, 6.45) is 4.26. The van der Waals surface area contributed by atoms with Crippen molar-refractivity contribution in [2.45, 2.75) is 13.3 Å². The molecule has 13 heteroatoms. The molecule has 0 aliphatic carbocycles. The number of halogens is 2. The Kier molecular flexibility index (Phi) is 10.1. The van der Waals surface area contributed by atoms with E-state index in [2.05, 4.69) is 26.9 Å². The predicted molar refractivity (Wildman–Crippen MR) is 173 cm³/mol. The summed E-state index contributed by atoms with van der Waals surface area (Å²) in [6.45, 7) is 5.88. The van der Waals surface area contributed by atoms with Gasteiger partial charge in [0.25, 0.3) is 0 Å². The Morgan fingerprint density at radius 1 is 1.07 bits per heavy atom. The first-order valence-corrected chi connectivity index (χ1v) is 15.7. The minimum Gasteiger partial charge on any atom is -0.495 e. The van der Waals surface area contributed by atoms with Crippen LogP contribution in [0.5, 0.6) is 11.5 Å². The van der Waals surface area contributed by atoms with E-state index in [9.17, 15) is 13.2 Å². The fraction of sp³-hybridized carbons (Fsp3) is 0.233. The molecule has 226 valence electrons. The molecule has 0 atom stereocenters. The number of aryl methyl sites for hydroxylation is 1. The first-order chi connectivity index (χ1) is 20.4.